The van der Waals surface area contributed by atoms with E-state index in [2.05, 4.69) is 11.6 Å². The van der Waals surface area contributed by atoms with Crippen LogP contribution in [0.25, 0.3) is 0 Å². The van der Waals surface area contributed by atoms with Crippen LogP contribution in [0.1, 0.15) is 19.8 Å². The highest BCUT2D eigenvalue weighted by Gasteiger charge is 2.19. The highest BCUT2D eigenvalue weighted by Crippen LogP contribution is 2.21. The molecule has 0 aromatic carbocycles. The summed E-state index contributed by atoms with van der Waals surface area (Å²) in [6, 6.07) is 0. The van der Waals surface area contributed by atoms with Crippen LogP contribution in [0.2, 0.25) is 0 Å². The van der Waals surface area contributed by atoms with Gasteiger partial charge in [-0.2, -0.15) is 8.78 Å². The summed E-state index contributed by atoms with van der Waals surface area (Å²) < 4.78 is 41.4. The fraction of sp³-hybridized carbons (Fsp3) is 1.00. The lowest BCUT2D eigenvalue weighted by atomic mass is 10.5. The zero-order valence-electron chi connectivity index (χ0n) is 6.70. The summed E-state index contributed by atoms with van der Waals surface area (Å²) >= 11 is 5.07. The first kappa shape index (κ1) is 14.9. The lowest BCUT2D eigenvalue weighted by Gasteiger charge is -1.98. The van der Waals surface area contributed by atoms with E-state index in [1.807, 2.05) is 0 Å². The molecule has 0 aromatic rings. The minimum atomic E-state index is -2.99. The van der Waals surface area contributed by atoms with Gasteiger partial charge in [0, 0.05) is 12.2 Å². The smallest absolute Gasteiger partial charge is 0.321 e. The molecule has 0 saturated heterocycles. The minimum absolute atomic E-state index is 0.297. The molecule has 0 radical (unpaired) electrons. The van der Waals surface area contributed by atoms with Gasteiger partial charge in [-0.3, -0.25) is 4.39 Å². The molecule has 0 aliphatic rings. The Kier molecular flexibility index (Phi) is 11.8. The van der Waals surface area contributed by atoms with Crippen LogP contribution in [0.4, 0.5) is 13.2 Å². The molecule has 0 spiro atoms. The van der Waals surface area contributed by atoms with Gasteiger partial charge in [0.05, 0.1) is 6.67 Å². The fourth-order valence-electron chi connectivity index (χ4n) is 0.119. The molecule has 0 aromatic heterocycles. The van der Waals surface area contributed by atoms with Crippen molar-refractivity contribution in [3.8, 4) is 0 Å². The topological polar surface area (TPSA) is 20.2 Å². The van der Waals surface area contributed by atoms with Crippen molar-refractivity contribution in [2.24, 2.45) is 0 Å². The van der Waals surface area contributed by atoms with Gasteiger partial charge in [-0.05, 0) is 30.1 Å². The van der Waals surface area contributed by atoms with Crippen LogP contribution in [-0.4, -0.2) is 22.4 Å². The van der Waals surface area contributed by atoms with Crippen LogP contribution >= 0.6 is 23.6 Å². The average Bonchev–Trinajstić information content (AvgIpc) is 2.01. The van der Waals surface area contributed by atoms with Crippen molar-refractivity contribution >= 4 is 23.6 Å². The van der Waals surface area contributed by atoms with E-state index >= 15 is 0 Å². The van der Waals surface area contributed by atoms with Crippen LogP contribution in [0.5, 0.6) is 0 Å². The molecule has 6 heteroatoms. The summed E-state index contributed by atoms with van der Waals surface area (Å²) in [6.07, 6.45) is 0.162. The molecule has 0 bridgehead atoms. The molecule has 0 fully saturated rings. The molecule has 0 atom stereocenters. The van der Waals surface area contributed by atoms with Crippen LogP contribution in [0, 0.1) is 0 Å². The standard InChI is InChI=1S/C3H5ClF2.C3H7FOS/c1-2-3(4,5)6;4-2-1-3-6-5/h2H2,1H3;5H,1-3H2. The Morgan fingerprint density at radius 3 is 2.00 bits per heavy atom. The second kappa shape index (κ2) is 9.48. The third-order valence-electron chi connectivity index (χ3n) is 0.770. The Hall–Kier alpha value is 0.390. The molecule has 0 rings (SSSR count). The van der Waals surface area contributed by atoms with E-state index in [1.165, 1.54) is 6.92 Å². The van der Waals surface area contributed by atoms with Gasteiger partial charge in [-0.25, -0.2) is 0 Å². The fourth-order valence-corrected chi connectivity index (χ4v) is 0.357. The van der Waals surface area contributed by atoms with Crippen LogP contribution in [0.3, 0.4) is 0 Å². The molecular weight excluding hydrogens is 213 g/mol. The molecule has 0 unspecified atom stereocenters. The summed E-state index contributed by atoms with van der Waals surface area (Å²) in [5.41, 5.74) is 0. The average molecular weight is 225 g/mol. The van der Waals surface area contributed by atoms with E-state index in [1.54, 1.807) is 0 Å². The van der Waals surface area contributed by atoms with E-state index < -0.39 is 5.38 Å². The lowest BCUT2D eigenvalue weighted by molar-refractivity contribution is 0.0921. The van der Waals surface area contributed by atoms with E-state index in [4.69, 9.17) is 4.55 Å². The predicted molar refractivity (Wildman–Crippen MR) is 46.8 cm³/mol. The van der Waals surface area contributed by atoms with E-state index in [-0.39, 0.29) is 13.1 Å². The summed E-state index contributed by atoms with van der Waals surface area (Å²) in [6.45, 7) is 1.00. The summed E-state index contributed by atoms with van der Waals surface area (Å²) in [4.78, 5) is 0. The van der Waals surface area contributed by atoms with Gasteiger partial charge in [0.2, 0.25) is 0 Å². The second-order valence-electron chi connectivity index (χ2n) is 1.84. The van der Waals surface area contributed by atoms with Crippen molar-refractivity contribution in [2.45, 2.75) is 25.1 Å². The molecular formula is C6H12ClF3OS. The van der Waals surface area contributed by atoms with Crippen LogP contribution in [0.15, 0.2) is 0 Å². The van der Waals surface area contributed by atoms with Gasteiger partial charge >= 0.3 is 5.38 Å². The number of alkyl halides is 4. The minimum Gasteiger partial charge on any atom is -0.330 e. The van der Waals surface area contributed by atoms with Gasteiger partial charge < -0.3 is 4.55 Å². The molecule has 12 heavy (non-hydrogen) atoms. The Balaban J connectivity index is 0. The molecule has 76 valence electrons. The first-order chi connectivity index (χ1) is 5.47. The van der Waals surface area contributed by atoms with Crippen LogP contribution in [-0.2, 0) is 0 Å². The van der Waals surface area contributed by atoms with Crippen molar-refractivity contribution in [2.75, 3.05) is 12.4 Å². The number of halogens is 4. The molecule has 0 amide bonds. The maximum Gasteiger partial charge on any atom is 0.321 e. The summed E-state index contributed by atoms with van der Waals surface area (Å²) in [7, 11) is 0. The lowest BCUT2D eigenvalue weighted by Crippen LogP contribution is -2.00. The maximum atomic E-state index is 11.2. The molecule has 1 nitrogen and oxygen atoms in total. The Morgan fingerprint density at radius 1 is 1.50 bits per heavy atom. The first-order valence-electron chi connectivity index (χ1n) is 3.37. The summed E-state index contributed by atoms with van der Waals surface area (Å²) in [5.74, 6) is 0.510. The second-order valence-corrected chi connectivity index (χ2v) is 3.06. The maximum absolute atomic E-state index is 11.2. The highest BCUT2D eigenvalue weighted by molar-refractivity contribution is 7.93. The van der Waals surface area contributed by atoms with Crippen molar-refractivity contribution in [1.82, 2.24) is 0 Å². The van der Waals surface area contributed by atoms with Crippen molar-refractivity contribution in [3.05, 3.63) is 0 Å². The highest BCUT2D eigenvalue weighted by atomic mass is 35.5. The Morgan fingerprint density at radius 2 is 1.92 bits per heavy atom. The van der Waals surface area contributed by atoms with Gasteiger partial charge in [0.25, 0.3) is 0 Å². The number of hydrogen-bond donors (Lipinski definition) is 1. The third kappa shape index (κ3) is 22.4. The number of hydrogen-bond acceptors (Lipinski definition) is 2. The molecule has 0 saturated carbocycles. The van der Waals surface area contributed by atoms with Crippen LogP contribution < -0.4 is 0 Å². The Bertz CT molecular complexity index is 85.4. The van der Waals surface area contributed by atoms with Crippen molar-refractivity contribution in [3.63, 3.8) is 0 Å². The molecule has 1 N–H and O–H groups in total. The monoisotopic (exact) mass is 224 g/mol. The zero-order chi connectivity index (χ0) is 10.0. The molecule has 0 aliphatic carbocycles. The van der Waals surface area contributed by atoms with Gasteiger partial charge in [-0.15, -0.1) is 0 Å². The van der Waals surface area contributed by atoms with Crippen molar-refractivity contribution < 1.29 is 17.7 Å². The molecule has 0 aliphatic heterocycles. The van der Waals surface area contributed by atoms with Gasteiger partial charge in [0.1, 0.15) is 0 Å². The van der Waals surface area contributed by atoms with E-state index in [0.717, 1.165) is 0 Å². The van der Waals surface area contributed by atoms with E-state index in [0.29, 0.717) is 24.2 Å². The SMILES string of the molecule is CCC(F)(F)Cl.OSCCCF. The summed E-state index contributed by atoms with van der Waals surface area (Å²) in [5, 5.41) is -2.99. The van der Waals surface area contributed by atoms with E-state index in [9.17, 15) is 13.2 Å². The normalized spacial score (nSPS) is 10.5. The Labute approximate surface area is 79.5 Å². The third-order valence-corrected chi connectivity index (χ3v) is 1.51. The van der Waals surface area contributed by atoms with Gasteiger partial charge in [-0.1, -0.05) is 6.92 Å². The quantitative estimate of drug-likeness (QED) is 0.446. The predicted octanol–water partition coefficient (Wildman–Crippen LogP) is 3.78. The number of rotatable bonds is 4. The first-order valence-corrected chi connectivity index (χ1v) is 4.69. The molecule has 0 heterocycles. The van der Waals surface area contributed by atoms with Crippen molar-refractivity contribution in [1.29, 1.82) is 0 Å². The van der Waals surface area contributed by atoms with Gasteiger partial charge in [0.15, 0.2) is 0 Å². The largest absolute Gasteiger partial charge is 0.330 e. The zero-order valence-corrected chi connectivity index (χ0v) is 8.27.